The minimum atomic E-state index is -0.390. The zero-order valence-corrected chi connectivity index (χ0v) is 5.25. The number of quaternary nitrogens is 1. The summed E-state index contributed by atoms with van der Waals surface area (Å²) in [6.45, 7) is 0. The third kappa shape index (κ3) is 1.08. The maximum Gasteiger partial charge on any atom is 0.423 e. The van der Waals surface area contributed by atoms with E-state index in [0.29, 0.717) is 0 Å². The topological polar surface area (TPSA) is 51.2 Å². The first-order valence-electron chi connectivity index (χ1n) is 2.55. The van der Waals surface area contributed by atoms with Crippen LogP contribution in [0.1, 0.15) is 0 Å². The Balaban J connectivity index is 0.000001000. The van der Waals surface area contributed by atoms with E-state index in [1.54, 1.807) is 0 Å². The first-order chi connectivity index (χ1) is 4.66. The molecule has 0 aromatic heterocycles. The second kappa shape index (κ2) is 2.68. The minimum Gasteiger partial charge on any atom is -0.228 e. The van der Waals surface area contributed by atoms with Gasteiger partial charge in [-0.25, -0.2) is 14.4 Å². The zero-order valence-electron chi connectivity index (χ0n) is 5.25. The lowest BCUT2D eigenvalue weighted by atomic mass is 10.7. The normalized spacial score (nSPS) is 26.3. The summed E-state index contributed by atoms with van der Waals surface area (Å²) in [5, 5.41) is 0. The van der Waals surface area contributed by atoms with E-state index >= 15 is 0 Å². The van der Waals surface area contributed by atoms with Crippen molar-refractivity contribution in [3.63, 3.8) is 0 Å². The lowest BCUT2D eigenvalue weighted by molar-refractivity contribution is -0.648. The van der Waals surface area contributed by atoms with Gasteiger partial charge >= 0.3 is 11.6 Å². The number of carbonyl (C=O) groups excluding carboxylic acids is 3. The van der Waals surface area contributed by atoms with Gasteiger partial charge in [-0.3, -0.25) is 0 Å². The molecular formula is C6H8BNO3. The van der Waals surface area contributed by atoms with Crippen LogP contribution in [0.2, 0.25) is 0 Å². The summed E-state index contributed by atoms with van der Waals surface area (Å²) in [6, 6.07) is 0. The van der Waals surface area contributed by atoms with Crippen molar-refractivity contribution in [3.8, 4) is 0 Å². The minimum absolute atomic E-state index is 0. The van der Waals surface area contributed by atoms with E-state index in [-0.39, 0.29) is 18.6 Å². The average Bonchev–Trinajstić information content (AvgIpc) is 2.37. The third-order valence-corrected chi connectivity index (χ3v) is 1.45. The van der Waals surface area contributed by atoms with E-state index in [1.807, 2.05) is 0 Å². The van der Waals surface area contributed by atoms with Gasteiger partial charge in [0.05, 0.1) is 7.05 Å². The number of nitrogens with zero attached hydrogens (tertiary/aromatic N) is 1. The maximum absolute atomic E-state index is 10.6. The molecule has 1 amide bonds. The first-order valence-corrected chi connectivity index (χ1v) is 2.55. The molecule has 0 saturated carbocycles. The predicted molar refractivity (Wildman–Crippen MR) is 42.0 cm³/mol. The molecule has 1 aliphatic rings. The Bertz CT molecular complexity index is 299. The smallest absolute Gasteiger partial charge is 0.228 e. The van der Waals surface area contributed by atoms with Gasteiger partial charge < -0.3 is 0 Å². The molecule has 1 heterocycles. The lowest BCUT2D eigenvalue weighted by Gasteiger charge is -1.89. The molecule has 1 fully saturated rings. The number of amides is 1. The van der Waals surface area contributed by atoms with Gasteiger partial charge in [-0.15, -0.1) is 0 Å². The van der Waals surface area contributed by atoms with Gasteiger partial charge in [-0.2, -0.15) is 4.48 Å². The van der Waals surface area contributed by atoms with Crippen LogP contribution >= 0.6 is 0 Å². The Labute approximate surface area is 65.0 Å². The van der Waals surface area contributed by atoms with Crippen molar-refractivity contribution in [2.45, 2.75) is 0 Å². The molecule has 5 heteroatoms. The van der Waals surface area contributed by atoms with E-state index in [4.69, 9.17) is 0 Å². The Morgan fingerprint density at radius 1 is 1.45 bits per heavy atom. The van der Waals surface area contributed by atoms with Crippen molar-refractivity contribution in [1.82, 2.24) is 0 Å². The molecule has 4 nitrogen and oxygen atoms in total. The van der Waals surface area contributed by atoms with Crippen LogP contribution in [0.15, 0.2) is 11.9 Å². The van der Waals surface area contributed by atoms with Gasteiger partial charge in [-0.05, 0) is 0 Å². The Morgan fingerprint density at radius 3 is 2.27 bits per heavy atom. The number of carbonyl (C=O) groups is 1. The quantitative estimate of drug-likeness (QED) is 0.138. The van der Waals surface area contributed by atoms with Gasteiger partial charge in [0.25, 0.3) is 0 Å². The molecule has 0 radical (unpaired) electrons. The highest BCUT2D eigenvalue weighted by Gasteiger charge is 2.62. The van der Waals surface area contributed by atoms with E-state index in [2.05, 4.69) is 0 Å². The fourth-order valence-electron chi connectivity index (χ4n) is 0.680. The van der Waals surface area contributed by atoms with Gasteiger partial charge in [0, 0.05) is 0 Å². The van der Waals surface area contributed by atoms with Crippen molar-refractivity contribution in [2.24, 2.45) is 0 Å². The summed E-state index contributed by atoms with van der Waals surface area (Å²) < 4.78 is -0.354. The summed E-state index contributed by atoms with van der Waals surface area (Å²) in [6.07, 6.45) is 0.975. The Kier molecular flexibility index (Phi) is 2.34. The van der Waals surface area contributed by atoms with Crippen molar-refractivity contribution in [3.05, 3.63) is 11.9 Å². The predicted octanol–water partition coefficient (Wildman–Crippen LogP) is -2.42. The van der Waals surface area contributed by atoms with Crippen LogP contribution in [0, 0.1) is 0 Å². The highest BCUT2D eigenvalue weighted by molar-refractivity contribution is 6.07. The zero-order chi connectivity index (χ0) is 7.78. The first kappa shape index (κ1) is 9.59. The van der Waals surface area contributed by atoms with Gasteiger partial charge in [-0.1, -0.05) is 8.41 Å². The molecule has 0 N–H and O–H groups in total. The van der Waals surface area contributed by atoms with Gasteiger partial charge in [0.2, 0.25) is 5.94 Å². The summed E-state index contributed by atoms with van der Waals surface area (Å²) in [5.74, 6) is 2.49. The van der Waals surface area contributed by atoms with E-state index in [0.717, 1.165) is 6.20 Å². The Morgan fingerprint density at radius 2 is 2.00 bits per heavy atom. The molecule has 0 aromatic carbocycles. The molecule has 1 atom stereocenters. The average molecular weight is 153 g/mol. The number of hydrogen-bond acceptors (Lipinski definition) is 3. The van der Waals surface area contributed by atoms with Crippen molar-refractivity contribution in [2.75, 3.05) is 7.05 Å². The summed E-state index contributed by atoms with van der Waals surface area (Å²) in [7, 11) is 1.42. The van der Waals surface area contributed by atoms with Crippen LogP contribution < -0.4 is 0 Å². The third-order valence-electron chi connectivity index (χ3n) is 1.45. The number of hydrogen-bond donors (Lipinski definition) is 0. The van der Waals surface area contributed by atoms with Gasteiger partial charge in [0.15, 0.2) is 12.1 Å². The SMILES string of the molecule is C[N+]1(C=C=O)C(=O)C1=C=O.[BH4-]. The van der Waals surface area contributed by atoms with Crippen LogP contribution in [-0.2, 0) is 14.4 Å². The molecule has 58 valence electrons. The second-order valence-electron chi connectivity index (χ2n) is 2.08. The van der Waals surface area contributed by atoms with E-state index in [9.17, 15) is 14.4 Å². The molecule has 1 saturated heterocycles. The second-order valence-corrected chi connectivity index (χ2v) is 2.08. The largest absolute Gasteiger partial charge is 0.423 e. The van der Waals surface area contributed by atoms with Crippen LogP contribution in [0.25, 0.3) is 0 Å². The van der Waals surface area contributed by atoms with Crippen LogP contribution in [0.4, 0.5) is 0 Å². The highest BCUT2D eigenvalue weighted by Crippen LogP contribution is 2.31. The summed E-state index contributed by atoms with van der Waals surface area (Å²) in [5.41, 5.74) is -0.0247. The summed E-state index contributed by atoms with van der Waals surface area (Å²) in [4.78, 5) is 30.3. The monoisotopic (exact) mass is 153 g/mol. The molecule has 1 rings (SSSR count). The van der Waals surface area contributed by atoms with Crippen molar-refractivity contribution in [1.29, 1.82) is 0 Å². The van der Waals surface area contributed by atoms with Gasteiger partial charge in [0.1, 0.15) is 0 Å². The standard InChI is InChI=1S/C6H4NO3.BH4/c1-7(2-3-8)5(4-9)6(7)10;/h2H,1H3;1H4/q+1;-1. The molecule has 0 bridgehead atoms. The molecule has 1 unspecified atom stereocenters. The Hall–Kier alpha value is -1.41. The highest BCUT2D eigenvalue weighted by atomic mass is 16.2. The van der Waals surface area contributed by atoms with E-state index < -0.39 is 5.91 Å². The molecule has 0 aromatic rings. The molecule has 11 heavy (non-hydrogen) atoms. The maximum atomic E-state index is 10.6. The van der Waals surface area contributed by atoms with Crippen molar-refractivity contribution < 1.29 is 18.9 Å². The van der Waals surface area contributed by atoms with E-state index in [1.165, 1.54) is 18.9 Å². The summed E-state index contributed by atoms with van der Waals surface area (Å²) >= 11 is 0. The molecule has 0 aliphatic carbocycles. The van der Waals surface area contributed by atoms with Crippen LogP contribution in [0.3, 0.4) is 0 Å². The van der Waals surface area contributed by atoms with Crippen LogP contribution in [0.5, 0.6) is 0 Å². The van der Waals surface area contributed by atoms with Crippen molar-refractivity contribution >= 4 is 26.2 Å². The lowest BCUT2D eigenvalue weighted by Crippen LogP contribution is -2.11. The fourth-order valence-corrected chi connectivity index (χ4v) is 0.680. The number of rotatable bonds is 1. The molecule has 0 spiro atoms. The van der Waals surface area contributed by atoms with Crippen LogP contribution in [-0.4, -0.2) is 37.7 Å². The number of likely N-dealkylation sites (N-methyl/N-ethyl adjacent to an activating group) is 1. The molecule has 1 aliphatic heterocycles. The molecular weight excluding hydrogens is 145 g/mol. The fraction of sp³-hybridized carbons (Fsp3) is 0.167.